The van der Waals surface area contributed by atoms with Crippen LogP contribution in [0.1, 0.15) is 6.92 Å². The van der Waals surface area contributed by atoms with E-state index in [0.717, 1.165) is 51.0 Å². The van der Waals surface area contributed by atoms with Crippen molar-refractivity contribution < 1.29 is 9.53 Å². The molecule has 0 unspecified atom stereocenters. The molecule has 2 fully saturated rings. The van der Waals surface area contributed by atoms with Crippen LogP contribution in [0.2, 0.25) is 0 Å². The summed E-state index contributed by atoms with van der Waals surface area (Å²) in [6.45, 7) is 8.80. The summed E-state index contributed by atoms with van der Waals surface area (Å²) < 4.78 is 5.38. The fourth-order valence-electron chi connectivity index (χ4n) is 2.88. The molecule has 0 aliphatic carbocycles. The van der Waals surface area contributed by atoms with E-state index in [1.807, 2.05) is 17.9 Å². The van der Waals surface area contributed by atoms with Gasteiger partial charge in [0.2, 0.25) is 0 Å². The van der Waals surface area contributed by atoms with Gasteiger partial charge >= 0.3 is 6.03 Å². The molecule has 1 N–H and O–H groups in total. The third-order valence-corrected chi connectivity index (χ3v) is 4.19. The fraction of sp³-hybridized carbons (Fsp3) is 0.667. The quantitative estimate of drug-likeness (QED) is 0.855. The molecule has 0 spiro atoms. The molecule has 0 aromatic carbocycles. The Morgan fingerprint density at radius 2 is 1.70 bits per heavy atom. The largest absolute Gasteiger partial charge is 0.378 e. The third-order valence-electron chi connectivity index (χ3n) is 4.19. The number of carbonyl (C=O) groups excluding carboxylic acids is 1. The summed E-state index contributed by atoms with van der Waals surface area (Å²) in [6, 6.07) is 2.05. The highest BCUT2D eigenvalue weighted by atomic mass is 16.5. The Morgan fingerprint density at radius 3 is 2.30 bits per heavy atom. The van der Waals surface area contributed by atoms with Crippen molar-refractivity contribution in [2.45, 2.75) is 6.92 Å². The summed E-state index contributed by atoms with van der Waals surface area (Å²) in [7, 11) is 0. The maximum Gasteiger partial charge on any atom is 0.317 e. The van der Waals surface area contributed by atoms with Gasteiger partial charge in [-0.2, -0.15) is 0 Å². The summed E-state index contributed by atoms with van der Waals surface area (Å²) in [6.07, 6.45) is 1.62. The highest BCUT2D eigenvalue weighted by Gasteiger charge is 2.22. The number of amides is 2. The molecule has 3 rings (SSSR count). The van der Waals surface area contributed by atoms with Gasteiger partial charge in [-0.25, -0.2) is 14.8 Å². The number of nitrogens with one attached hydrogen (secondary N) is 1. The number of anilines is 2. The summed E-state index contributed by atoms with van der Waals surface area (Å²) in [4.78, 5) is 26.9. The smallest absolute Gasteiger partial charge is 0.317 e. The fourth-order valence-corrected chi connectivity index (χ4v) is 2.88. The minimum absolute atomic E-state index is 0.0174. The molecule has 2 aliphatic rings. The molecular formula is C15H24N6O2. The molecule has 0 atom stereocenters. The summed E-state index contributed by atoms with van der Waals surface area (Å²) in [5, 5.41) is 2.85. The minimum Gasteiger partial charge on any atom is -0.378 e. The van der Waals surface area contributed by atoms with Gasteiger partial charge < -0.3 is 24.8 Å². The maximum absolute atomic E-state index is 11.9. The number of rotatable bonds is 3. The second-order valence-electron chi connectivity index (χ2n) is 5.64. The van der Waals surface area contributed by atoms with Crippen molar-refractivity contribution in [2.75, 3.05) is 68.8 Å². The van der Waals surface area contributed by atoms with E-state index < -0.39 is 0 Å². The Balaban J connectivity index is 1.61. The van der Waals surface area contributed by atoms with Gasteiger partial charge in [-0.05, 0) is 6.92 Å². The second-order valence-corrected chi connectivity index (χ2v) is 5.64. The van der Waals surface area contributed by atoms with Crippen molar-refractivity contribution in [2.24, 2.45) is 0 Å². The molecule has 2 saturated heterocycles. The first kappa shape index (κ1) is 15.8. The molecule has 2 amide bonds. The van der Waals surface area contributed by atoms with Crippen molar-refractivity contribution >= 4 is 17.7 Å². The Morgan fingerprint density at radius 1 is 1.09 bits per heavy atom. The molecule has 0 bridgehead atoms. The lowest BCUT2D eigenvalue weighted by atomic mass is 10.3. The zero-order valence-electron chi connectivity index (χ0n) is 13.6. The molecule has 8 nitrogen and oxygen atoms in total. The van der Waals surface area contributed by atoms with E-state index in [0.29, 0.717) is 19.6 Å². The van der Waals surface area contributed by atoms with Gasteiger partial charge in [0.15, 0.2) is 0 Å². The number of nitrogens with zero attached hydrogens (tertiary/aromatic N) is 5. The van der Waals surface area contributed by atoms with Crippen LogP contribution in [0.3, 0.4) is 0 Å². The minimum atomic E-state index is 0.0174. The molecule has 23 heavy (non-hydrogen) atoms. The second kappa shape index (κ2) is 7.45. The number of morpholine rings is 1. The molecule has 8 heteroatoms. The lowest BCUT2D eigenvalue weighted by Crippen LogP contribution is -2.52. The summed E-state index contributed by atoms with van der Waals surface area (Å²) in [5.41, 5.74) is 0. The molecule has 1 aromatic heterocycles. The van der Waals surface area contributed by atoms with E-state index in [4.69, 9.17) is 4.74 Å². The molecule has 126 valence electrons. The van der Waals surface area contributed by atoms with Crippen molar-refractivity contribution in [1.29, 1.82) is 0 Å². The zero-order chi connectivity index (χ0) is 16.1. The van der Waals surface area contributed by atoms with E-state index in [1.165, 1.54) is 0 Å². The normalized spacial score (nSPS) is 18.9. The number of piperazine rings is 1. The van der Waals surface area contributed by atoms with Gasteiger partial charge in [0.05, 0.1) is 13.2 Å². The van der Waals surface area contributed by atoms with Crippen molar-refractivity contribution in [3.63, 3.8) is 0 Å². The standard InChI is InChI=1S/C15H24N6O2/c1-2-16-15(22)21-5-3-19(4-6-21)13-11-14(18-12-17-13)20-7-9-23-10-8-20/h11-12H,2-10H2,1H3,(H,16,22). The number of aromatic nitrogens is 2. The highest BCUT2D eigenvalue weighted by molar-refractivity contribution is 5.74. The first-order valence-corrected chi connectivity index (χ1v) is 8.20. The van der Waals surface area contributed by atoms with Crippen LogP contribution in [0.15, 0.2) is 12.4 Å². The van der Waals surface area contributed by atoms with Crippen LogP contribution >= 0.6 is 0 Å². The van der Waals surface area contributed by atoms with Crippen LogP contribution in [-0.2, 0) is 4.74 Å². The van der Waals surface area contributed by atoms with E-state index in [-0.39, 0.29) is 6.03 Å². The first-order valence-electron chi connectivity index (χ1n) is 8.20. The number of hydrogen-bond donors (Lipinski definition) is 1. The Labute approximate surface area is 136 Å². The Kier molecular flexibility index (Phi) is 5.12. The van der Waals surface area contributed by atoms with Crippen LogP contribution in [0.5, 0.6) is 0 Å². The predicted molar refractivity (Wildman–Crippen MR) is 87.9 cm³/mol. The van der Waals surface area contributed by atoms with E-state index in [9.17, 15) is 4.79 Å². The first-order chi connectivity index (χ1) is 11.3. The molecule has 0 radical (unpaired) electrons. The van der Waals surface area contributed by atoms with Crippen LogP contribution in [0, 0.1) is 0 Å². The average Bonchev–Trinajstić information content (AvgIpc) is 2.63. The number of urea groups is 1. The van der Waals surface area contributed by atoms with Gasteiger partial charge in [-0.3, -0.25) is 0 Å². The monoisotopic (exact) mass is 320 g/mol. The SMILES string of the molecule is CCNC(=O)N1CCN(c2cc(N3CCOCC3)ncn2)CC1. The highest BCUT2D eigenvalue weighted by Crippen LogP contribution is 2.19. The molecule has 1 aromatic rings. The van der Waals surface area contributed by atoms with Gasteiger partial charge in [-0.15, -0.1) is 0 Å². The predicted octanol–water partition coefficient (Wildman–Crippen LogP) is 0.165. The maximum atomic E-state index is 11.9. The van der Waals surface area contributed by atoms with Crippen LogP contribution in [0.4, 0.5) is 16.4 Å². The topological polar surface area (TPSA) is 73.8 Å². The number of carbonyl (C=O) groups is 1. The molecule has 3 heterocycles. The number of ether oxygens (including phenoxy) is 1. The summed E-state index contributed by atoms with van der Waals surface area (Å²) in [5.74, 6) is 1.88. The van der Waals surface area contributed by atoms with Crippen molar-refractivity contribution in [3.05, 3.63) is 12.4 Å². The Bertz CT molecular complexity index is 526. The molecular weight excluding hydrogens is 296 g/mol. The third kappa shape index (κ3) is 3.82. The number of hydrogen-bond acceptors (Lipinski definition) is 6. The van der Waals surface area contributed by atoms with Crippen LogP contribution < -0.4 is 15.1 Å². The van der Waals surface area contributed by atoms with Crippen LogP contribution in [-0.4, -0.2) is 79.9 Å². The lowest BCUT2D eigenvalue weighted by molar-refractivity contribution is 0.122. The van der Waals surface area contributed by atoms with Crippen molar-refractivity contribution in [1.82, 2.24) is 20.2 Å². The lowest BCUT2D eigenvalue weighted by Gasteiger charge is -2.35. The van der Waals surface area contributed by atoms with Crippen LogP contribution in [0.25, 0.3) is 0 Å². The summed E-state index contributed by atoms with van der Waals surface area (Å²) >= 11 is 0. The zero-order valence-corrected chi connectivity index (χ0v) is 13.6. The van der Waals surface area contributed by atoms with Gasteiger partial charge in [0.1, 0.15) is 18.0 Å². The van der Waals surface area contributed by atoms with Gasteiger partial charge in [0, 0.05) is 51.9 Å². The van der Waals surface area contributed by atoms with Crippen molar-refractivity contribution in [3.8, 4) is 0 Å². The molecule has 2 aliphatic heterocycles. The van der Waals surface area contributed by atoms with E-state index in [1.54, 1.807) is 6.33 Å². The molecule has 0 saturated carbocycles. The van der Waals surface area contributed by atoms with Gasteiger partial charge in [-0.1, -0.05) is 0 Å². The Hall–Kier alpha value is -2.09. The van der Waals surface area contributed by atoms with E-state index in [2.05, 4.69) is 25.1 Å². The van der Waals surface area contributed by atoms with Gasteiger partial charge in [0.25, 0.3) is 0 Å². The van der Waals surface area contributed by atoms with E-state index >= 15 is 0 Å². The average molecular weight is 320 g/mol.